The molecule has 6 nitrogen and oxygen atoms in total. The summed E-state index contributed by atoms with van der Waals surface area (Å²) >= 11 is 0. The van der Waals surface area contributed by atoms with E-state index in [9.17, 15) is 14.0 Å². The van der Waals surface area contributed by atoms with Crippen molar-refractivity contribution in [2.45, 2.75) is 6.92 Å². The van der Waals surface area contributed by atoms with Crippen molar-refractivity contribution < 1.29 is 18.7 Å². The Morgan fingerprint density at radius 2 is 1.79 bits per heavy atom. The monoisotopic (exact) mass is 383 g/mol. The molecule has 146 valence electrons. The van der Waals surface area contributed by atoms with Gasteiger partial charge in [-0.3, -0.25) is 4.79 Å². The zero-order chi connectivity index (χ0) is 19.7. The van der Waals surface area contributed by atoms with E-state index in [1.807, 2.05) is 30.0 Å². The van der Waals surface area contributed by atoms with Gasteiger partial charge in [-0.2, -0.15) is 0 Å². The van der Waals surface area contributed by atoms with Crippen molar-refractivity contribution in [1.29, 1.82) is 0 Å². The minimum atomic E-state index is -0.355. The quantitative estimate of drug-likeness (QED) is 0.601. The molecule has 0 radical (unpaired) electrons. The van der Waals surface area contributed by atoms with Crippen LogP contribution in [0.25, 0.3) is 0 Å². The van der Waals surface area contributed by atoms with Gasteiger partial charge in [-0.05, 0) is 48.9 Å². The molecule has 28 heavy (non-hydrogen) atoms. The number of esters is 1. The third-order valence-corrected chi connectivity index (χ3v) is 5.15. The third kappa shape index (κ3) is 3.78. The molecule has 1 amide bonds. The Morgan fingerprint density at radius 1 is 1.07 bits per heavy atom. The molecule has 1 fully saturated rings. The van der Waals surface area contributed by atoms with Crippen molar-refractivity contribution in [3.8, 4) is 5.75 Å². The maximum atomic E-state index is 13.1. The number of halogens is 1. The number of ether oxygens (including phenoxy) is 1. The molecule has 2 aliphatic heterocycles. The van der Waals surface area contributed by atoms with Crippen molar-refractivity contribution in [1.82, 2.24) is 4.90 Å². The average molecular weight is 383 g/mol. The number of amides is 1. The Labute approximate surface area is 163 Å². The highest BCUT2D eigenvalue weighted by Crippen LogP contribution is 2.32. The van der Waals surface area contributed by atoms with E-state index in [2.05, 4.69) is 4.90 Å². The van der Waals surface area contributed by atoms with Gasteiger partial charge in [-0.15, -0.1) is 0 Å². The number of nitrogens with zero attached hydrogens (tertiary/aromatic N) is 3. The maximum absolute atomic E-state index is 13.1. The predicted molar refractivity (Wildman–Crippen MR) is 104 cm³/mol. The van der Waals surface area contributed by atoms with Crippen molar-refractivity contribution in [2.75, 3.05) is 49.1 Å². The summed E-state index contributed by atoms with van der Waals surface area (Å²) in [5.41, 5.74) is 2.72. The number of fused-ring (bicyclic) bond motifs is 1. The Bertz CT molecular complexity index is 892. The summed E-state index contributed by atoms with van der Waals surface area (Å²) in [6.07, 6.45) is 0. The van der Waals surface area contributed by atoms with Crippen molar-refractivity contribution in [3.63, 3.8) is 0 Å². The molecule has 0 saturated carbocycles. The van der Waals surface area contributed by atoms with Gasteiger partial charge in [0, 0.05) is 31.9 Å². The molecule has 2 aliphatic rings. The van der Waals surface area contributed by atoms with E-state index in [0.717, 1.165) is 16.9 Å². The molecule has 0 unspecified atom stereocenters. The number of hydrogen-bond donors (Lipinski definition) is 0. The molecule has 2 heterocycles. The van der Waals surface area contributed by atoms with Crippen LogP contribution in [0.5, 0.6) is 5.75 Å². The summed E-state index contributed by atoms with van der Waals surface area (Å²) in [6.45, 7) is 4.70. The van der Waals surface area contributed by atoms with Crippen molar-refractivity contribution in [2.24, 2.45) is 0 Å². The first-order chi connectivity index (χ1) is 13.5. The Hall–Kier alpha value is -3.09. The second-order valence-electron chi connectivity index (χ2n) is 7.15. The molecule has 0 aromatic heterocycles. The Morgan fingerprint density at radius 3 is 2.50 bits per heavy atom. The lowest BCUT2D eigenvalue weighted by molar-refractivity contribution is -0.133. The van der Waals surface area contributed by atoms with Crippen LogP contribution in [0.3, 0.4) is 0 Å². The van der Waals surface area contributed by atoms with E-state index in [-0.39, 0.29) is 30.8 Å². The number of hydrogen-bond acceptors (Lipinski definition) is 5. The normalized spacial score (nSPS) is 16.6. The van der Waals surface area contributed by atoms with Crippen molar-refractivity contribution >= 4 is 23.3 Å². The minimum Gasteiger partial charge on any atom is -0.423 e. The number of carbonyl (C=O) groups excluding carboxylic acids is 2. The van der Waals surface area contributed by atoms with Crippen molar-refractivity contribution in [3.05, 3.63) is 53.8 Å². The largest absolute Gasteiger partial charge is 0.423 e. The standard InChI is InChI=1S/C21H22FN3O3/c1-15-2-7-18-19(12-15)28-21(27)14-25(18)13-20(26)24-10-8-23(9-11-24)17-5-3-16(22)4-6-17/h2-7,12H,8-11,13-14H2,1H3. The van der Waals surface area contributed by atoms with Gasteiger partial charge in [0.1, 0.15) is 12.4 Å². The van der Waals surface area contributed by atoms with E-state index in [0.29, 0.717) is 31.9 Å². The molecule has 2 aromatic rings. The van der Waals surface area contributed by atoms with E-state index in [4.69, 9.17) is 4.74 Å². The van der Waals surface area contributed by atoms with Gasteiger partial charge >= 0.3 is 5.97 Å². The molecule has 4 rings (SSSR count). The number of benzene rings is 2. The fourth-order valence-electron chi connectivity index (χ4n) is 3.63. The summed E-state index contributed by atoms with van der Waals surface area (Å²) < 4.78 is 18.4. The molecule has 0 N–H and O–H groups in total. The molecule has 1 saturated heterocycles. The number of carbonyl (C=O) groups is 2. The minimum absolute atomic E-state index is 0.0139. The third-order valence-electron chi connectivity index (χ3n) is 5.15. The van der Waals surface area contributed by atoms with Gasteiger partial charge in [-0.25, -0.2) is 9.18 Å². The average Bonchev–Trinajstić information content (AvgIpc) is 2.68. The smallest absolute Gasteiger partial charge is 0.331 e. The molecule has 0 bridgehead atoms. The second kappa shape index (κ2) is 7.50. The highest BCUT2D eigenvalue weighted by Gasteiger charge is 2.28. The van der Waals surface area contributed by atoms with Crippen LogP contribution >= 0.6 is 0 Å². The van der Waals surface area contributed by atoms with Gasteiger partial charge in [0.2, 0.25) is 5.91 Å². The molecule has 2 aromatic carbocycles. The molecule has 7 heteroatoms. The molecular weight excluding hydrogens is 361 g/mol. The first kappa shape index (κ1) is 18.3. The zero-order valence-corrected chi connectivity index (χ0v) is 15.7. The van der Waals surface area contributed by atoms with Crippen LogP contribution in [0, 0.1) is 12.7 Å². The number of aryl methyl sites for hydroxylation is 1. The van der Waals surface area contributed by atoms with Gasteiger partial charge in [-0.1, -0.05) is 6.07 Å². The highest BCUT2D eigenvalue weighted by atomic mass is 19.1. The summed E-state index contributed by atoms with van der Waals surface area (Å²) in [6, 6.07) is 12.0. The van der Waals surface area contributed by atoms with Gasteiger partial charge in [0.05, 0.1) is 12.2 Å². The summed E-state index contributed by atoms with van der Waals surface area (Å²) in [5, 5.41) is 0. The van der Waals surface area contributed by atoms with Crippen LogP contribution in [-0.2, 0) is 9.59 Å². The van der Waals surface area contributed by atoms with Crippen LogP contribution in [0.4, 0.5) is 15.8 Å². The fraction of sp³-hybridized carbons (Fsp3) is 0.333. The van der Waals surface area contributed by atoms with Crippen LogP contribution in [0.2, 0.25) is 0 Å². The SMILES string of the molecule is Cc1ccc2c(c1)OC(=O)CN2CC(=O)N1CCN(c2ccc(F)cc2)CC1. The second-order valence-corrected chi connectivity index (χ2v) is 7.15. The van der Waals surface area contributed by atoms with E-state index in [1.54, 1.807) is 17.0 Å². The maximum Gasteiger partial charge on any atom is 0.331 e. The number of rotatable bonds is 3. The first-order valence-electron chi connectivity index (χ1n) is 9.34. The highest BCUT2D eigenvalue weighted by molar-refractivity contribution is 5.89. The molecular formula is C21H22FN3O3. The van der Waals surface area contributed by atoms with Crippen LogP contribution in [-0.4, -0.2) is 56.0 Å². The summed E-state index contributed by atoms with van der Waals surface area (Å²) in [7, 11) is 0. The number of anilines is 2. The van der Waals surface area contributed by atoms with Crippen LogP contribution in [0.1, 0.15) is 5.56 Å². The lowest BCUT2D eigenvalue weighted by atomic mass is 10.1. The molecule has 0 atom stereocenters. The number of piperazine rings is 1. The van der Waals surface area contributed by atoms with E-state index >= 15 is 0 Å². The Balaban J connectivity index is 1.39. The van der Waals surface area contributed by atoms with Gasteiger partial charge in [0.25, 0.3) is 0 Å². The lowest BCUT2D eigenvalue weighted by Gasteiger charge is -2.37. The van der Waals surface area contributed by atoms with E-state index < -0.39 is 0 Å². The summed E-state index contributed by atoms with van der Waals surface area (Å²) in [5.74, 6) is -0.120. The lowest BCUT2D eigenvalue weighted by Crippen LogP contribution is -2.52. The first-order valence-corrected chi connectivity index (χ1v) is 9.34. The summed E-state index contributed by atoms with van der Waals surface area (Å²) in [4.78, 5) is 30.4. The molecule has 0 spiro atoms. The topological polar surface area (TPSA) is 53.1 Å². The zero-order valence-electron chi connectivity index (χ0n) is 15.7. The van der Waals surface area contributed by atoms with Gasteiger partial charge in [0.15, 0.2) is 5.75 Å². The predicted octanol–water partition coefficient (Wildman–Crippen LogP) is 2.21. The fourth-order valence-corrected chi connectivity index (χ4v) is 3.63. The molecule has 0 aliphatic carbocycles. The van der Waals surface area contributed by atoms with Crippen LogP contribution in [0.15, 0.2) is 42.5 Å². The Kier molecular flexibility index (Phi) is 4.90. The van der Waals surface area contributed by atoms with E-state index in [1.165, 1.54) is 12.1 Å². The van der Waals surface area contributed by atoms with Crippen LogP contribution < -0.4 is 14.5 Å². The van der Waals surface area contributed by atoms with Gasteiger partial charge < -0.3 is 19.4 Å².